The van der Waals surface area contributed by atoms with E-state index in [2.05, 4.69) is 4.90 Å². The molecule has 0 spiro atoms. The van der Waals surface area contributed by atoms with E-state index in [1.807, 2.05) is 0 Å². The van der Waals surface area contributed by atoms with Gasteiger partial charge < -0.3 is 9.84 Å². The Hall–Kier alpha value is -1.13. The highest BCUT2D eigenvalue weighted by Crippen LogP contribution is 2.30. The van der Waals surface area contributed by atoms with E-state index < -0.39 is 0 Å². The van der Waals surface area contributed by atoms with Gasteiger partial charge in [-0.2, -0.15) is 0 Å². The largest absolute Gasteiger partial charge is 0.488 e. The number of halogens is 1. The number of benzene rings is 1. The van der Waals surface area contributed by atoms with Crippen molar-refractivity contribution < 1.29 is 14.2 Å². The molecule has 2 heterocycles. The fraction of sp³-hybridized carbons (Fsp3) is 0.538. The second kappa shape index (κ2) is 4.27. The molecule has 0 amide bonds. The van der Waals surface area contributed by atoms with E-state index in [1.165, 1.54) is 6.07 Å². The van der Waals surface area contributed by atoms with Gasteiger partial charge in [0.1, 0.15) is 17.7 Å². The van der Waals surface area contributed by atoms with Gasteiger partial charge in [0.05, 0.1) is 0 Å². The van der Waals surface area contributed by atoms with Crippen LogP contribution in [0.2, 0.25) is 0 Å². The van der Waals surface area contributed by atoms with Crippen LogP contribution in [-0.4, -0.2) is 42.4 Å². The molecule has 1 atom stereocenters. The first kappa shape index (κ1) is 11.0. The molecule has 17 heavy (non-hydrogen) atoms. The van der Waals surface area contributed by atoms with Crippen LogP contribution >= 0.6 is 0 Å². The smallest absolute Gasteiger partial charge is 0.123 e. The summed E-state index contributed by atoms with van der Waals surface area (Å²) in [6, 6.07) is 4.70. The molecule has 0 radical (unpaired) electrons. The van der Waals surface area contributed by atoms with Crippen molar-refractivity contribution in [2.24, 2.45) is 5.92 Å². The van der Waals surface area contributed by atoms with Gasteiger partial charge >= 0.3 is 0 Å². The van der Waals surface area contributed by atoms with Crippen molar-refractivity contribution in [3.8, 4) is 5.75 Å². The van der Waals surface area contributed by atoms with E-state index in [4.69, 9.17) is 9.84 Å². The summed E-state index contributed by atoms with van der Waals surface area (Å²) in [7, 11) is 0. The maximum Gasteiger partial charge on any atom is 0.123 e. The third-order valence-electron chi connectivity index (χ3n) is 3.52. The van der Waals surface area contributed by atoms with Gasteiger partial charge in [-0.25, -0.2) is 4.39 Å². The van der Waals surface area contributed by atoms with E-state index in [1.54, 1.807) is 12.1 Å². The summed E-state index contributed by atoms with van der Waals surface area (Å²) in [4.78, 5) is 2.27. The summed E-state index contributed by atoms with van der Waals surface area (Å²) in [5.41, 5.74) is 0.967. The molecule has 3 rings (SSSR count). The first-order chi connectivity index (χ1) is 8.24. The quantitative estimate of drug-likeness (QED) is 0.853. The Morgan fingerprint density at radius 2 is 2.24 bits per heavy atom. The highest BCUT2D eigenvalue weighted by Gasteiger charge is 2.31. The lowest BCUT2D eigenvalue weighted by molar-refractivity contribution is 0.0275. The van der Waals surface area contributed by atoms with Gasteiger partial charge in [-0.3, -0.25) is 4.90 Å². The van der Waals surface area contributed by atoms with E-state index in [0.29, 0.717) is 5.92 Å². The van der Waals surface area contributed by atoms with Gasteiger partial charge in [-0.15, -0.1) is 0 Å². The van der Waals surface area contributed by atoms with Crippen LogP contribution in [0.15, 0.2) is 18.2 Å². The van der Waals surface area contributed by atoms with Crippen molar-refractivity contribution in [3.05, 3.63) is 29.6 Å². The lowest BCUT2D eigenvalue weighted by atomic mass is 10.0. The standard InChI is InChI=1S/C13H16FNO2/c14-11-1-2-13-10(3-11)4-12(17-13)7-15-5-9(6-15)8-16/h1-3,9,12,16H,4-8H2. The summed E-state index contributed by atoms with van der Waals surface area (Å²) >= 11 is 0. The van der Waals surface area contributed by atoms with E-state index in [9.17, 15) is 4.39 Å². The number of hydrogen-bond donors (Lipinski definition) is 1. The van der Waals surface area contributed by atoms with Gasteiger partial charge in [0.25, 0.3) is 0 Å². The molecule has 0 aliphatic carbocycles. The fourth-order valence-corrected chi connectivity index (χ4v) is 2.62. The van der Waals surface area contributed by atoms with Crippen LogP contribution in [0.25, 0.3) is 0 Å². The maximum atomic E-state index is 13.0. The topological polar surface area (TPSA) is 32.7 Å². The van der Waals surface area contributed by atoms with Crippen LogP contribution in [0.4, 0.5) is 4.39 Å². The van der Waals surface area contributed by atoms with Crippen molar-refractivity contribution in [3.63, 3.8) is 0 Å². The van der Waals surface area contributed by atoms with E-state index in [-0.39, 0.29) is 18.5 Å². The van der Waals surface area contributed by atoms with Crippen molar-refractivity contribution in [1.29, 1.82) is 0 Å². The average Bonchev–Trinajstić information content (AvgIpc) is 2.64. The van der Waals surface area contributed by atoms with Gasteiger partial charge in [-0.1, -0.05) is 0 Å². The van der Waals surface area contributed by atoms with Gasteiger partial charge in [0.15, 0.2) is 0 Å². The van der Waals surface area contributed by atoms with Crippen molar-refractivity contribution in [1.82, 2.24) is 4.90 Å². The summed E-state index contributed by atoms with van der Waals surface area (Å²) in [6.07, 6.45) is 0.916. The number of hydrogen-bond acceptors (Lipinski definition) is 3. The molecule has 0 aromatic heterocycles. The lowest BCUT2D eigenvalue weighted by Crippen LogP contribution is -2.51. The highest BCUT2D eigenvalue weighted by molar-refractivity contribution is 5.37. The minimum atomic E-state index is -0.197. The predicted molar refractivity (Wildman–Crippen MR) is 61.5 cm³/mol. The van der Waals surface area contributed by atoms with Crippen LogP contribution in [0, 0.1) is 11.7 Å². The average molecular weight is 237 g/mol. The van der Waals surface area contributed by atoms with Gasteiger partial charge in [0, 0.05) is 44.1 Å². The molecular weight excluding hydrogens is 221 g/mol. The second-order valence-corrected chi connectivity index (χ2v) is 4.96. The normalized spacial score (nSPS) is 24.2. The molecule has 1 saturated heterocycles. The Labute approximate surface area is 99.8 Å². The molecule has 1 N–H and O–H groups in total. The molecular formula is C13H16FNO2. The van der Waals surface area contributed by atoms with Crippen molar-refractivity contribution in [2.75, 3.05) is 26.2 Å². The second-order valence-electron chi connectivity index (χ2n) is 4.96. The third kappa shape index (κ3) is 2.15. The number of fused-ring (bicyclic) bond motifs is 1. The Kier molecular flexibility index (Phi) is 2.76. The molecule has 92 valence electrons. The monoisotopic (exact) mass is 237 g/mol. The molecule has 2 aliphatic rings. The number of ether oxygens (including phenoxy) is 1. The third-order valence-corrected chi connectivity index (χ3v) is 3.52. The fourth-order valence-electron chi connectivity index (χ4n) is 2.62. The molecule has 1 unspecified atom stereocenters. The SMILES string of the molecule is OCC1CN(CC2Cc3cc(F)ccc3O2)C1. The van der Waals surface area contributed by atoms with E-state index in [0.717, 1.165) is 37.4 Å². The van der Waals surface area contributed by atoms with Crippen LogP contribution in [0.1, 0.15) is 5.56 Å². The first-order valence-corrected chi connectivity index (χ1v) is 6.03. The molecule has 3 nitrogen and oxygen atoms in total. The van der Waals surface area contributed by atoms with Crippen LogP contribution in [0.3, 0.4) is 0 Å². The minimum Gasteiger partial charge on any atom is -0.488 e. The molecule has 0 saturated carbocycles. The first-order valence-electron chi connectivity index (χ1n) is 6.03. The zero-order chi connectivity index (χ0) is 11.8. The minimum absolute atomic E-state index is 0.131. The van der Waals surface area contributed by atoms with Gasteiger partial charge in [0.2, 0.25) is 0 Å². The highest BCUT2D eigenvalue weighted by atomic mass is 19.1. The molecule has 1 aromatic carbocycles. The summed E-state index contributed by atoms with van der Waals surface area (Å²) in [6.45, 7) is 3.03. The van der Waals surface area contributed by atoms with E-state index >= 15 is 0 Å². The predicted octanol–water partition coefficient (Wildman–Crippen LogP) is 1.05. The lowest BCUT2D eigenvalue weighted by Gasteiger charge is -2.39. The Bertz CT molecular complexity index is 418. The van der Waals surface area contributed by atoms with Crippen molar-refractivity contribution in [2.45, 2.75) is 12.5 Å². The molecule has 1 aromatic rings. The number of aliphatic hydroxyl groups is 1. The maximum absolute atomic E-state index is 13.0. The summed E-state index contributed by atoms with van der Waals surface area (Å²) in [5.74, 6) is 1.05. The number of nitrogens with zero attached hydrogens (tertiary/aromatic N) is 1. The van der Waals surface area contributed by atoms with Crippen molar-refractivity contribution >= 4 is 0 Å². The Morgan fingerprint density at radius 1 is 1.41 bits per heavy atom. The number of likely N-dealkylation sites (tertiary alicyclic amines) is 1. The Morgan fingerprint density at radius 3 is 3.00 bits per heavy atom. The van der Waals surface area contributed by atoms with Crippen LogP contribution in [0.5, 0.6) is 5.75 Å². The zero-order valence-electron chi connectivity index (χ0n) is 9.60. The molecule has 4 heteroatoms. The van der Waals surface area contributed by atoms with Crippen LogP contribution in [-0.2, 0) is 6.42 Å². The zero-order valence-corrected chi connectivity index (χ0v) is 9.60. The van der Waals surface area contributed by atoms with Gasteiger partial charge in [-0.05, 0) is 18.2 Å². The summed E-state index contributed by atoms with van der Waals surface area (Å²) < 4.78 is 18.8. The molecule has 0 bridgehead atoms. The molecule has 1 fully saturated rings. The summed E-state index contributed by atoms with van der Waals surface area (Å²) in [5, 5.41) is 8.94. The van der Waals surface area contributed by atoms with Crippen LogP contribution < -0.4 is 4.74 Å². The molecule has 2 aliphatic heterocycles. The number of rotatable bonds is 3. The number of aliphatic hydroxyl groups excluding tert-OH is 1. The Balaban J connectivity index is 1.56.